The van der Waals surface area contributed by atoms with E-state index in [4.69, 9.17) is 13.9 Å². The molecule has 0 aliphatic rings. The van der Waals surface area contributed by atoms with Crippen molar-refractivity contribution in [2.75, 3.05) is 14.2 Å². The Morgan fingerprint density at radius 3 is 2.53 bits per heavy atom. The van der Waals surface area contributed by atoms with Gasteiger partial charge in [0.05, 0.1) is 38.1 Å². The fourth-order valence-electron chi connectivity index (χ4n) is 3.53. The van der Waals surface area contributed by atoms with Crippen LogP contribution in [0.15, 0.2) is 65.3 Å². The number of rotatable bonds is 6. The highest BCUT2D eigenvalue weighted by Gasteiger charge is 2.20. The van der Waals surface area contributed by atoms with Crippen LogP contribution >= 0.6 is 0 Å². The van der Waals surface area contributed by atoms with Crippen molar-refractivity contribution in [3.8, 4) is 23.1 Å². The number of carbonyl (C=O) groups is 1. The lowest BCUT2D eigenvalue weighted by Crippen LogP contribution is -2.11. The number of furan rings is 1. The van der Waals surface area contributed by atoms with Crippen molar-refractivity contribution in [2.45, 2.75) is 6.54 Å². The molecule has 0 atom stereocenters. The minimum absolute atomic E-state index is 0.0817. The second-order valence-corrected chi connectivity index (χ2v) is 6.69. The van der Waals surface area contributed by atoms with Crippen molar-refractivity contribution in [2.24, 2.45) is 0 Å². The van der Waals surface area contributed by atoms with Gasteiger partial charge in [-0.05, 0) is 42.5 Å². The summed E-state index contributed by atoms with van der Waals surface area (Å²) in [6.45, 7) is 0.1000. The molecular weight excluding hydrogens is 384 g/mol. The van der Waals surface area contributed by atoms with Crippen molar-refractivity contribution in [1.29, 1.82) is 0 Å². The number of hydrogen-bond acceptors (Lipinski definition) is 6. The van der Waals surface area contributed by atoms with Gasteiger partial charge in [-0.1, -0.05) is 12.1 Å². The molecule has 0 fully saturated rings. The first-order chi connectivity index (χ1) is 14.7. The number of Topliss-reactive ketones (excluding diaryl/α,β-unsaturated/α-hetero) is 1. The highest BCUT2D eigenvalue weighted by molar-refractivity contribution is 5.98. The van der Waals surface area contributed by atoms with Crippen LogP contribution in [0.3, 0.4) is 0 Å². The van der Waals surface area contributed by atoms with E-state index in [0.717, 1.165) is 11.0 Å². The molecule has 0 bridgehead atoms. The summed E-state index contributed by atoms with van der Waals surface area (Å²) in [7, 11) is 3.10. The Kier molecular flexibility index (Phi) is 4.24. The monoisotopic (exact) mass is 402 g/mol. The van der Waals surface area contributed by atoms with Gasteiger partial charge in [0.1, 0.15) is 0 Å². The molecule has 0 N–H and O–H groups in total. The Hall–Kier alpha value is -4.07. The van der Waals surface area contributed by atoms with Gasteiger partial charge in [0, 0.05) is 5.56 Å². The number of fused-ring (bicyclic) bond motifs is 3. The second-order valence-electron chi connectivity index (χ2n) is 6.69. The number of benzene rings is 2. The first-order valence-electron chi connectivity index (χ1n) is 9.32. The first kappa shape index (κ1) is 18.0. The molecule has 8 heteroatoms. The number of ketones is 1. The molecule has 0 radical (unpaired) electrons. The molecule has 30 heavy (non-hydrogen) atoms. The molecule has 0 unspecified atom stereocenters. The molecule has 0 amide bonds. The van der Waals surface area contributed by atoms with Gasteiger partial charge in [0.15, 0.2) is 23.0 Å². The summed E-state index contributed by atoms with van der Waals surface area (Å²) in [6, 6.07) is 16.5. The summed E-state index contributed by atoms with van der Waals surface area (Å²) in [6.07, 6.45) is 1.58. The molecule has 0 aliphatic carbocycles. The maximum Gasteiger partial charge on any atom is 0.234 e. The molecule has 0 saturated heterocycles. The molecular formula is C22H18N4O4. The van der Waals surface area contributed by atoms with Crippen LogP contribution in [0.1, 0.15) is 10.4 Å². The minimum atomic E-state index is -0.0817. The van der Waals surface area contributed by atoms with Gasteiger partial charge in [0.25, 0.3) is 0 Å². The third-order valence-electron chi connectivity index (χ3n) is 4.98. The summed E-state index contributed by atoms with van der Waals surface area (Å²) in [4.78, 5) is 17.7. The van der Waals surface area contributed by atoms with E-state index in [-0.39, 0.29) is 12.3 Å². The number of para-hydroxylation sites is 2. The average Bonchev–Trinajstić information content (AvgIpc) is 3.51. The van der Waals surface area contributed by atoms with E-state index < -0.39 is 0 Å². The zero-order valence-electron chi connectivity index (χ0n) is 16.4. The van der Waals surface area contributed by atoms with Crippen LogP contribution in [0.25, 0.3) is 28.4 Å². The molecule has 3 heterocycles. The van der Waals surface area contributed by atoms with E-state index in [0.29, 0.717) is 34.4 Å². The first-order valence-corrected chi connectivity index (χ1v) is 9.32. The van der Waals surface area contributed by atoms with Crippen LogP contribution in [-0.2, 0) is 6.54 Å². The summed E-state index contributed by atoms with van der Waals surface area (Å²) >= 11 is 0. The lowest BCUT2D eigenvalue weighted by Gasteiger charge is -2.10. The van der Waals surface area contributed by atoms with Gasteiger partial charge < -0.3 is 18.5 Å². The molecule has 3 aromatic heterocycles. The van der Waals surface area contributed by atoms with Crippen LogP contribution in [0.5, 0.6) is 11.5 Å². The van der Waals surface area contributed by atoms with E-state index in [9.17, 15) is 4.79 Å². The highest BCUT2D eigenvalue weighted by Crippen LogP contribution is 2.29. The Labute approximate surface area is 171 Å². The number of methoxy groups -OCH3 is 2. The zero-order valence-corrected chi connectivity index (χ0v) is 16.4. The fourth-order valence-corrected chi connectivity index (χ4v) is 3.53. The lowest BCUT2D eigenvalue weighted by atomic mass is 10.1. The lowest BCUT2D eigenvalue weighted by molar-refractivity contribution is 0.0974. The Morgan fingerprint density at radius 1 is 1.00 bits per heavy atom. The quantitative estimate of drug-likeness (QED) is 0.401. The molecule has 2 aromatic carbocycles. The highest BCUT2D eigenvalue weighted by atomic mass is 16.5. The maximum atomic E-state index is 13.1. The van der Waals surface area contributed by atoms with E-state index in [1.165, 1.54) is 0 Å². The summed E-state index contributed by atoms with van der Waals surface area (Å²) in [5, 5.41) is 4.58. The van der Waals surface area contributed by atoms with Gasteiger partial charge in [-0.25, -0.2) is 0 Å². The number of hydrogen-bond donors (Lipinski definition) is 0. The van der Waals surface area contributed by atoms with Crippen molar-refractivity contribution >= 4 is 22.6 Å². The third-order valence-corrected chi connectivity index (χ3v) is 4.98. The van der Waals surface area contributed by atoms with Crippen LogP contribution in [0.4, 0.5) is 0 Å². The van der Waals surface area contributed by atoms with E-state index in [2.05, 4.69) is 10.1 Å². The van der Waals surface area contributed by atoms with Crippen molar-refractivity contribution in [1.82, 2.24) is 19.2 Å². The Morgan fingerprint density at radius 2 is 1.80 bits per heavy atom. The van der Waals surface area contributed by atoms with Crippen LogP contribution < -0.4 is 9.47 Å². The smallest absolute Gasteiger partial charge is 0.234 e. The fraction of sp³-hybridized carbons (Fsp3) is 0.136. The average molecular weight is 402 g/mol. The molecule has 0 spiro atoms. The standard InChI is InChI=1S/C22H18N4O4/c1-28-18-10-9-14(12-20(18)29-2)17(27)13-25-15-6-3-4-7-16(15)26-22(25)23-21(24-26)19-8-5-11-30-19/h3-12H,13H2,1-2H3. The maximum absolute atomic E-state index is 13.1. The minimum Gasteiger partial charge on any atom is -0.493 e. The Bertz CT molecular complexity index is 1370. The van der Waals surface area contributed by atoms with Gasteiger partial charge >= 0.3 is 0 Å². The summed E-state index contributed by atoms with van der Waals surface area (Å²) < 4.78 is 19.6. The molecule has 0 aliphatic heterocycles. The summed E-state index contributed by atoms with van der Waals surface area (Å²) in [5.74, 6) is 2.60. The van der Waals surface area contributed by atoms with Crippen molar-refractivity contribution in [3.05, 3.63) is 66.4 Å². The van der Waals surface area contributed by atoms with E-state index in [1.54, 1.807) is 55.3 Å². The van der Waals surface area contributed by atoms with E-state index >= 15 is 0 Å². The largest absolute Gasteiger partial charge is 0.493 e. The molecule has 8 nitrogen and oxygen atoms in total. The summed E-state index contributed by atoms with van der Waals surface area (Å²) in [5.41, 5.74) is 2.25. The number of nitrogens with zero attached hydrogens (tertiary/aromatic N) is 4. The molecule has 5 rings (SSSR count). The number of aromatic nitrogens is 4. The second kappa shape index (κ2) is 7.07. The number of ether oxygens (including phenoxy) is 2. The van der Waals surface area contributed by atoms with Crippen LogP contribution in [0.2, 0.25) is 0 Å². The molecule has 150 valence electrons. The van der Waals surface area contributed by atoms with Crippen LogP contribution in [-0.4, -0.2) is 39.2 Å². The van der Waals surface area contributed by atoms with Crippen molar-refractivity contribution < 1.29 is 18.7 Å². The van der Waals surface area contributed by atoms with E-state index in [1.807, 2.05) is 28.8 Å². The number of imidazole rings is 1. The topological polar surface area (TPSA) is 83.8 Å². The predicted octanol–water partition coefficient (Wildman–Crippen LogP) is 3.84. The zero-order chi connectivity index (χ0) is 20.7. The molecule has 0 saturated carbocycles. The van der Waals surface area contributed by atoms with Crippen LogP contribution in [0, 0.1) is 0 Å². The molecule has 5 aromatic rings. The van der Waals surface area contributed by atoms with Gasteiger partial charge in [-0.3, -0.25) is 4.79 Å². The number of carbonyl (C=O) groups excluding carboxylic acids is 1. The Balaban J connectivity index is 1.60. The third kappa shape index (κ3) is 2.81. The van der Waals surface area contributed by atoms with Gasteiger partial charge in [-0.2, -0.15) is 9.50 Å². The van der Waals surface area contributed by atoms with Crippen molar-refractivity contribution in [3.63, 3.8) is 0 Å². The normalized spacial score (nSPS) is 11.3. The van der Waals surface area contributed by atoms with Gasteiger partial charge in [0.2, 0.25) is 11.6 Å². The predicted molar refractivity (Wildman–Crippen MR) is 110 cm³/mol. The van der Waals surface area contributed by atoms with Gasteiger partial charge in [-0.15, -0.1) is 5.10 Å². The SMILES string of the molecule is COc1ccc(C(=O)Cn2c3ccccc3n3nc(-c4ccco4)nc23)cc1OC.